The lowest BCUT2D eigenvalue weighted by Crippen LogP contribution is -2.26. The minimum atomic E-state index is -3.66. The number of rotatable bonds is 6. The lowest BCUT2D eigenvalue weighted by molar-refractivity contribution is 0.101. The number of hydrogen-bond acceptors (Lipinski definition) is 4. The van der Waals surface area contributed by atoms with Crippen LogP contribution in [0.1, 0.15) is 35.8 Å². The predicted octanol–water partition coefficient (Wildman–Crippen LogP) is 2.94. The number of ketones is 1. The number of sulfonamides is 1. The molecule has 0 aliphatic rings. The number of carbonyl (C=O) groups is 1. The maximum Gasteiger partial charge on any atom is 0.241 e. The summed E-state index contributed by atoms with van der Waals surface area (Å²) in [6.07, 6.45) is 0. The Hall–Kier alpha value is -2.18. The standard InChI is InChI=1S/C17H19NO4S/c1-12(14-4-8-16(22-3)9-5-14)18-23(20,21)17-10-6-15(7-11-17)13(2)19/h4-12,18H,1-3H3. The van der Waals surface area contributed by atoms with Gasteiger partial charge in [-0.3, -0.25) is 4.79 Å². The fourth-order valence-corrected chi connectivity index (χ4v) is 3.36. The molecule has 23 heavy (non-hydrogen) atoms. The lowest BCUT2D eigenvalue weighted by atomic mass is 10.1. The lowest BCUT2D eigenvalue weighted by Gasteiger charge is -2.15. The van der Waals surface area contributed by atoms with Crippen LogP contribution in [-0.2, 0) is 10.0 Å². The summed E-state index contributed by atoms with van der Waals surface area (Å²) >= 11 is 0. The Kier molecular flexibility index (Phi) is 5.18. The molecule has 1 N–H and O–H groups in total. The van der Waals surface area contributed by atoms with Crippen molar-refractivity contribution in [2.24, 2.45) is 0 Å². The van der Waals surface area contributed by atoms with Gasteiger partial charge in [-0.2, -0.15) is 0 Å². The van der Waals surface area contributed by atoms with Gasteiger partial charge >= 0.3 is 0 Å². The Morgan fingerprint density at radius 2 is 1.61 bits per heavy atom. The van der Waals surface area contributed by atoms with Gasteiger partial charge in [-0.05, 0) is 43.7 Å². The van der Waals surface area contributed by atoms with Crippen LogP contribution in [0.2, 0.25) is 0 Å². The number of nitrogens with one attached hydrogen (secondary N) is 1. The van der Waals surface area contributed by atoms with Crippen molar-refractivity contribution >= 4 is 15.8 Å². The van der Waals surface area contributed by atoms with Crippen LogP contribution < -0.4 is 9.46 Å². The third kappa shape index (κ3) is 4.18. The van der Waals surface area contributed by atoms with E-state index in [1.54, 1.807) is 26.2 Å². The molecule has 0 spiro atoms. The van der Waals surface area contributed by atoms with E-state index in [2.05, 4.69) is 4.72 Å². The molecule has 0 saturated heterocycles. The van der Waals surface area contributed by atoms with E-state index in [1.807, 2.05) is 12.1 Å². The third-order valence-corrected chi connectivity index (χ3v) is 5.08. The summed E-state index contributed by atoms with van der Waals surface area (Å²) in [5.41, 5.74) is 1.31. The van der Waals surface area contributed by atoms with Crippen molar-refractivity contribution in [1.29, 1.82) is 0 Å². The number of Topliss-reactive ketones (excluding diaryl/α,β-unsaturated/α-hetero) is 1. The number of ether oxygens (including phenoxy) is 1. The first-order valence-electron chi connectivity index (χ1n) is 7.11. The van der Waals surface area contributed by atoms with Crippen molar-refractivity contribution in [3.63, 3.8) is 0 Å². The molecule has 0 bridgehead atoms. The van der Waals surface area contributed by atoms with E-state index in [0.717, 1.165) is 5.56 Å². The molecule has 2 aromatic carbocycles. The molecule has 2 aromatic rings. The largest absolute Gasteiger partial charge is 0.497 e. The van der Waals surface area contributed by atoms with Crippen LogP contribution >= 0.6 is 0 Å². The summed E-state index contributed by atoms with van der Waals surface area (Å²) in [5.74, 6) is 0.608. The van der Waals surface area contributed by atoms with Crippen molar-refractivity contribution in [2.75, 3.05) is 7.11 Å². The smallest absolute Gasteiger partial charge is 0.241 e. The molecule has 0 aliphatic carbocycles. The van der Waals surface area contributed by atoms with Crippen molar-refractivity contribution in [3.8, 4) is 5.75 Å². The SMILES string of the molecule is COc1ccc(C(C)NS(=O)(=O)c2ccc(C(C)=O)cc2)cc1. The van der Waals surface area contributed by atoms with Gasteiger partial charge in [0.25, 0.3) is 0 Å². The van der Waals surface area contributed by atoms with E-state index in [1.165, 1.54) is 31.2 Å². The average molecular weight is 333 g/mol. The quantitative estimate of drug-likeness (QED) is 0.825. The summed E-state index contributed by atoms with van der Waals surface area (Å²) in [6, 6.07) is 12.7. The summed E-state index contributed by atoms with van der Waals surface area (Å²) in [5, 5.41) is 0. The van der Waals surface area contributed by atoms with Crippen LogP contribution in [-0.4, -0.2) is 21.3 Å². The van der Waals surface area contributed by atoms with Crippen LogP contribution in [0.5, 0.6) is 5.75 Å². The van der Waals surface area contributed by atoms with Crippen molar-refractivity contribution in [2.45, 2.75) is 24.8 Å². The molecule has 1 unspecified atom stereocenters. The minimum Gasteiger partial charge on any atom is -0.497 e. The predicted molar refractivity (Wildman–Crippen MR) is 88.2 cm³/mol. The highest BCUT2D eigenvalue weighted by Crippen LogP contribution is 2.20. The molecular weight excluding hydrogens is 314 g/mol. The van der Waals surface area contributed by atoms with Gasteiger partial charge in [0.1, 0.15) is 5.75 Å². The van der Waals surface area contributed by atoms with Gasteiger partial charge in [-0.25, -0.2) is 13.1 Å². The van der Waals surface area contributed by atoms with E-state index in [-0.39, 0.29) is 10.7 Å². The Bertz CT molecular complexity index is 780. The number of methoxy groups -OCH3 is 1. The minimum absolute atomic E-state index is 0.103. The Morgan fingerprint density at radius 3 is 2.09 bits per heavy atom. The van der Waals surface area contributed by atoms with E-state index < -0.39 is 16.1 Å². The molecule has 2 rings (SSSR count). The van der Waals surface area contributed by atoms with Crippen molar-refractivity contribution in [3.05, 3.63) is 59.7 Å². The topological polar surface area (TPSA) is 72.5 Å². The summed E-state index contributed by atoms with van der Waals surface area (Å²) in [6.45, 7) is 3.21. The molecule has 0 amide bonds. The first-order chi connectivity index (χ1) is 10.8. The number of benzene rings is 2. The van der Waals surface area contributed by atoms with Crippen molar-refractivity contribution < 1.29 is 17.9 Å². The van der Waals surface area contributed by atoms with Gasteiger partial charge in [0.05, 0.1) is 12.0 Å². The molecule has 0 saturated carbocycles. The normalized spacial score (nSPS) is 12.7. The zero-order valence-electron chi connectivity index (χ0n) is 13.2. The molecule has 0 radical (unpaired) electrons. The second-order valence-electron chi connectivity index (χ2n) is 5.20. The van der Waals surface area contributed by atoms with Gasteiger partial charge in [-0.1, -0.05) is 24.3 Å². The van der Waals surface area contributed by atoms with Crippen LogP contribution in [0.3, 0.4) is 0 Å². The highest BCUT2D eigenvalue weighted by Gasteiger charge is 2.18. The first-order valence-corrected chi connectivity index (χ1v) is 8.59. The summed E-state index contributed by atoms with van der Waals surface area (Å²) in [4.78, 5) is 11.4. The van der Waals surface area contributed by atoms with Crippen LogP contribution in [0.4, 0.5) is 0 Å². The molecule has 122 valence electrons. The fourth-order valence-electron chi connectivity index (χ4n) is 2.13. The van der Waals surface area contributed by atoms with Crippen LogP contribution in [0.25, 0.3) is 0 Å². The molecule has 0 heterocycles. The van der Waals surface area contributed by atoms with E-state index >= 15 is 0 Å². The van der Waals surface area contributed by atoms with Crippen molar-refractivity contribution in [1.82, 2.24) is 4.72 Å². The molecular formula is C17H19NO4S. The number of hydrogen-bond donors (Lipinski definition) is 1. The Balaban J connectivity index is 2.17. The molecule has 0 fully saturated rings. The third-order valence-electron chi connectivity index (χ3n) is 3.52. The summed E-state index contributed by atoms with van der Waals surface area (Å²) < 4.78 is 32.5. The monoisotopic (exact) mass is 333 g/mol. The Labute approximate surface area is 136 Å². The van der Waals surface area contributed by atoms with Gasteiger partial charge in [-0.15, -0.1) is 0 Å². The van der Waals surface area contributed by atoms with E-state index in [0.29, 0.717) is 11.3 Å². The van der Waals surface area contributed by atoms with Gasteiger partial charge in [0.2, 0.25) is 10.0 Å². The molecule has 5 nitrogen and oxygen atoms in total. The number of carbonyl (C=O) groups excluding carboxylic acids is 1. The zero-order chi connectivity index (χ0) is 17.0. The molecule has 0 aliphatic heterocycles. The zero-order valence-corrected chi connectivity index (χ0v) is 14.1. The molecule has 0 aromatic heterocycles. The second-order valence-corrected chi connectivity index (χ2v) is 6.91. The van der Waals surface area contributed by atoms with E-state index in [4.69, 9.17) is 4.74 Å². The highest BCUT2D eigenvalue weighted by atomic mass is 32.2. The van der Waals surface area contributed by atoms with Gasteiger partial charge < -0.3 is 4.74 Å². The summed E-state index contributed by atoms with van der Waals surface area (Å²) in [7, 11) is -2.08. The average Bonchev–Trinajstić information content (AvgIpc) is 2.54. The maximum atomic E-state index is 12.4. The maximum absolute atomic E-state index is 12.4. The Morgan fingerprint density at radius 1 is 1.04 bits per heavy atom. The van der Waals surface area contributed by atoms with Crippen LogP contribution in [0, 0.1) is 0 Å². The second kappa shape index (κ2) is 6.93. The first kappa shape index (κ1) is 17.2. The highest BCUT2D eigenvalue weighted by molar-refractivity contribution is 7.89. The van der Waals surface area contributed by atoms with Gasteiger partial charge in [0.15, 0.2) is 5.78 Å². The van der Waals surface area contributed by atoms with Crippen LogP contribution in [0.15, 0.2) is 53.4 Å². The fraction of sp³-hybridized carbons (Fsp3) is 0.235. The van der Waals surface area contributed by atoms with E-state index in [9.17, 15) is 13.2 Å². The molecule has 1 atom stereocenters. The van der Waals surface area contributed by atoms with Gasteiger partial charge in [0, 0.05) is 11.6 Å². The molecule has 6 heteroatoms.